The molecule has 0 N–H and O–H groups in total. The van der Waals surface area contributed by atoms with E-state index in [1.807, 2.05) is 30.3 Å². The normalized spacial score (nSPS) is 12.4. The second-order valence-corrected chi connectivity index (χ2v) is 10.7. The lowest BCUT2D eigenvalue weighted by Crippen LogP contribution is -2.10. The third-order valence-electron chi connectivity index (χ3n) is 8.46. The first-order chi connectivity index (χ1) is 20.8. The van der Waals surface area contributed by atoms with Crippen molar-refractivity contribution in [2.45, 2.75) is 12.8 Å². The molecule has 4 heteroatoms. The lowest BCUT2D eigenvalue weighted by atomic mass is 9.93. The first-order valence-corrected chi connectivity index (χ1v) is 14.1. The first-order valence-electron chi connectivity index (χ1n) is 14.1. The van der Waals surface area contributed by atoms with Crippen molar-refractivity contribution in [1.29, 1.82) is 10.5 Å². The van der Waals surface area contributed by atoms with Crippen LogP contribution in [-0.4, -0.2) is 9.13 Å². The number of benzene rings is 5. The van der Waals surface area contributed by atoms with Gasteiger partial charge in [-0.15, -0.1) is 0 Å². The van der Waals surface area contributed by atoms with Gasteiger partial charge in [-0.25, -0.2) is 0 Å². The SMILES string of the molecule is N#Cc1cc(C#N)c(-n2c3ccccc3c3ccccc32)c(-c2ccccc2)c1-n1c2c(c3ccccc31)CCC=C2. The van der Waals surface area contributed by atoms with Gasteiger partial charge in [0.2, 0.25) is 0 Å². The molecule has 42 heavy (non-hydrogen) atoms. The fraction of sp³-hybridized carbons (Fsp3) is 0.0526. The molecule has 4 nitrogen and oxygen atoms in total. The van der Waals surface area contributed by atoms with Gasteiger partial charge >= 0.3 is 0 Å². The van der Waals surface area contributed by atoms with Gasteiger partial charge in [0.25, 0.3) is 0 Å². The molecule has 7 aromatic rings. The van der Waals surface area contributed by atoms with E-state index in [4.69, 9.17) is 0 Å². The van der Waals surface area contributed by atoms with Crippen LogP contribution in [0.5, 0.6) is 0 Å². The predicted molar refractivity (Wildman–Crippen MR) is 170 cm³/mol. The summed E-state index contributed by atoms with van der Waals surface area (Å²) in [7, 11) is 0. The summed E-state index contributed by atoms with van der Waals surface area (Å²) in [6.07, 6.45) is 6.33. The Morgan fingerprint density at radius 3 is 1.71 bits per heavy atom. The molecule has 2 heterocycles. The summed E-state index contributed by atoms with van der Waals surface area (Å²) >= 11 is 0. The molecule has 1 aliphatic rings. The summed E-state index contributed by atoms with van der Waals surface area (Å²) in [4.78, 5) is 0. The molecule has 0 aliphatic heterocycles. The topological polar surface area (TPSA) is 57.4 Å². The Morgan fingerprint density at radius 2 is 1.10 bits per heavy atom. The van der Waals surface area contributed by atoms with E-state index in [1.165, 1.54) is 10.9 Å². The maximum absolute atomic E-state index is 10.7. The summed E-state index contributed by atoms with van der Waals surface area (Å²) in [5.74, 6) is 0. The Kier molecular flexibility index (Phi) is 5.36. The molecule has 5 aromatic carbocycles. The van der Waals surface area contributed by atoms with E-state index in [0.29, 0.717) is 11.1 Å². The summed E-state index contributed by atoms with van der Waals surface area (Å²) in [6, 6.07) is 42.0. The van der Waals surface area contributed by atoms with Crippen LogP contribution >= 0.6 is 0 Å². The number of nitriles is 2. The molecule has 0 atom stereocenters. The zero-order valence-electron chi connectivity index (χ0n) is 22.8. The maximum Gasteiger partial charge on any atom is 0.101 e. The molecule has 0 amide bonds. The van der Waals surface area contributed by atoms with Crippen LogP contribution in [-0.2, 0) is 6.42 Å². The third-order valence-corrected chi connectivity index (χ3v) is 8.46. The number of aromatic nitrogens is 2. The van der Waals surface area contributed by atoms with Crippen molar-refractivity contribution in [3.63, 3.8) is 0 Å². The van der Waals surface area contributed by atoms with Gasteiger partial charge in [0.05, 0.1) is 39.1 Å². The van der Waals surface area contributed by atoms with Crippen molar-refractivity contribution in [3.8, 4) is 34.6 Å². The summed E-state index contributed by atoms with van der Waals surface area (Å²) in [6.45, 7) is 0. The average molecular weight is 537 g/mol. The quantitative estimate of drug-likeness (QED) is 0.226. The molecule has 0 saturated carbocycles. The van der Waals surface area contributed by atoms with Crippen molar-refractivity contribution in [2.24, 2.45) is 0 Å². The highest BCUT2D eigenvalue weighted by atomic mass is 15.0. The molecular weight excluding hydrogens is 512 g/mol. The van der Waals surface area contributed by atoms with Gasteiger partial charge < -0.3 is 9.13 Å². The summed E-state index contributed by atoms with van der Waals surface area (Å²) in [5.41, 5.74) is 9.78. The van der Waals surface area contributed by atoms with E-state index in [9.17, 15) is 10.5 Å². The van der Waals surface area contributed by atoms with Crippen molar-refractivity contribution < 1.29 is 0 Å². The summed E-state index contributed by atoms with van der Waals surface area (Å²) in [5, 5.41) is 24.7. The van der Waals surface area contributed by atoms with Crippen LogP contribution in [0.25, 0.3) is 61.3 Å². The highest BCUT2D eigenvalue weighted by Crippen LogP contribution is 2.44. The third kappa shape index (κ3) is 3.33. The van der Waals surface area contributed by atoms with Crippen molar-refractivity contribution in [1.82, 2.24) is 9.13 Å². The molecule has 196 valence electrons. The van der Waals surface area contributed by atoms with Gasteiger partial charge in [-0.3, -0.25) is 0 Å². The number of rotatable bonds is 3. The lowest BCUT2D eigenvalue weighted by Gasteiger charge is -2.23. The van der Waals surface area contributed by atoms with Crippen LogP contribution in [0.1, 0.15) is 28.8 Å². The van der Waals surface area contributed by atoms with Gasteiger partial charge in [-0.2, -0.15) is 10.5 Å². The average Bonchev–Trinajstić information content (AvgIpc) is 3.57. The molecule has 2 aromatic heterocycles. The molecular formula is C38H24N4. The van der Waals surface area contributed by atoms with Gasteiger partial charge in [0.15, 0.2) is 0 Å². The zero-order chi connectivity index (χ0) is 28.2. The monoisotopic (exact) mass is 536 g/mol. The van der Waals surface area contributed by atoms with Crippen LogP contribution in [0.3, 0.4) is 0 Å². The second kappa shape index (κ2) is 9.37. The minimum Gasteiger partial charge on any atom is -0.308 e. The van der Waals surface area contributed by atoms with E-state index >= 15 is 0 Å². The Labute approximate surface area is 243 Å². The Balaban J connectivity index is 1.64. The molecule has 0 unspecified atom stereocenters. The number of aryl methyl sites for hydroxylation is 1. The number of fused-ring (bicyclic) bond motifs is 6. The minimum absolute atomic E-state index is 0.460. The molecule has 8 rings (SSSR count). The highest BCUT2D eigenvalue weighted by molar-refractivity contribution is 6.10. The second-order valence-electron chi connectivity index (χ2n) is 10.7. The van der Waals surface area contributed by atoms with Gasteiger partial charge in [0, 0.05) is 27.4 Å². The van der Waals surface area contributed by atoms with Crippen molar-refractivity contribution in [2.75, 3.05) is 0 Å². The molecule has 0 bridgehead atoms. The van der Waals surface area contributed by atoms with Gasteiger partial charge in [0.1, 0.15) is 12.1 Å². The van der Waals surface area contributed by atoms with Crippen LogP contribution in [0.15, 0.2) is 115 Å². The molecule has 0 radical (unpaired) electrons. The van der Waals surface area contributed by atoms with Crippen LogP contribution in [0, 0.1) is 22.7 Å². The fourth-order valence-electron chi connectivity index (χ4n) is 6.77. The van der Waals surface area contributed by atoms with Crippen molar-refractivity contribution in [3.05, 3.63) is 138 Å². The smallest absolute Gasteiger partial charge is 0.101 e. The van der Waals surface area contributed by atoms with Crippen LogP contribution in [0.2, 0.25) is 0 Å². The fourth-order valence-corrected chi connectivity index (χ4v) is 6.77. The predicted octanol–water partition coefficient (Wildman–Crippen LogP) is 9.10. The molecule has 0 saturated heterocycles. The number of hydrogen-bond donors (Lipinski definition) is 0. The largest absolute Gasteiger partial charge is 0.308 e. The zero-order valence-corrected chi connectivity index (χ0v) is 22.8. The van der Waals surface area contributed by atoms with Gasteiger partial charge in [-0.05, 0) is 54.3 Å². The number of allylic oxidation sites excluding steroid dienone is 1. The van der Waals surface area contributed by atoms with Crippen LogP contribution < -0.4 is 0 Å². The van der Waals surface area contributed by atoms with E-state index < -0.39 is 0 Å². The van der Waals surface area contributed by atoms with Crippen molar-refractivity contribution >= 4 is 38.8 Å². The van der Waals surface area contributed by atoms with E-state index in [0.717, 1.165) is 68.4 Å². The first kappa shape index (κ1) is 24.0. The Hall–Kier alpha value is -5.84. The highest BCUT2D eigenvalue weighted by Gasteiger charge is 2.28. The number of hydrogen-bond acceptors (Lipinski definition) is 2. The Morgan fingerprint density at radius 1 is 0.571 bits per heavy atom. The lowest BCUT2D eigenvalue weighted by molar-refractivity contribution is 0.965. The Bertz CT molecular complexity index is 2260. The minimum atomic E-state index is 0.460. The van der Waals surface area contributed by atoms with E-state index in [1.54, 1.807) is 6.07 Å². The number of nitrogens with zero attached hydrogens (tertiary/aromatic N) is 4. The molecule has 0 fully saturated rings. The number of para-hydroxylation sites is 3. The van der Waals surface area contributed by atoms with Crippen LogP contribution in [0.4, 0.5) is 0 Å². The molecule has 0 spiro atoms. The standard InChI is InChI=1S/C38H24N4/c39-23-26-22-27(24-40)38(42-34-20-10-6-16-30(34)31-17-7-11-21-35(31)42)36(25-12-2-1-3-13-25)37(26)41-32-18-8-4-14-28(32)29-15-5-9-19-33(29)41/h1-6,8-16,18-22H,7,17H2. The van der Waals surface area contributed by atoms with E-state index in [-0.39, 0.29) is 0 Å². The van der Waals surface area contributed by atoms with Gasteiger partial charge in [-0.1, -0.05) is 91.0 Å². The van der Waals surface area contributed by atoms with E-state index in [2.05, 4.69) is 106 Å². The molecule has 1 aliphatic carbocycles. The summed E-state index contributed by atoms with van der Waals surface area (Å²) < 4.78 is 4.46. The maximum atomic E-state index is 10.7.